The van der Waals surface area contributed by atoms with E-state index in [1.54, 1.807) is 16.7 Å². The molecule has 2 atom stereocenters. The molecule has 1 amide bonds. The summed E-state index contributed by atoms with van der Waals surface area (Å²) < 4.78 is 1.81. The zero-order valence-electron chi connectivity index (χ0n) is 18.3. The van der Waals surface area contributed by atoms with Gasteiger partial charge in [-0.3, -0.25) is 19.3 Å². The highest BCUT2D eigenvalue weighted by Crippen LogP contribution is 2.34. The van der Waals surface area contributed by atoms with Gasteiger partial charge in [-0.1, -0.05) is 6.07 Å². The Labute approximate surface area is 194 Å². The van der Waals surface area contributed by atoms with Gasteiger partial charge in [0.2, 0.25) is 11.9 Å². The molecule has 0 radical (unpaired) electrons. The number of carbonyl (C=O) groups excluding carboxylic acids is 1. The van der Waals surface area contributed by atoms with Crippen molar-refractivity contribution in [3.63, 3.8) is 0 Å². The highest BCUT2D eigenvalue weighted by Gasteiger charge is 2.29. The maximum Gasteiger partial charge on any atom is 0.269 e. The van der Waals surface area contributed by atoms with Gasteiger partial charge >= 0.3 is 0 Å². The second kappa shape index (κ2) is 9.45. The van der Waals surface area contributed by atoms with E-state index in [0.717, 1.165) is 30.7 Å². The summed E-state index contributed by atoms with van der Waals surface area (Å²) in [7, 11) is 0. The lowest BCUT2D eigenvalue weighted by Crippen LogP contribution is -2.34. The number of amides is 1. The van der Waals surface area contributed by atoms with Gasteiger partial charge in [-0.2, -0.15) is 15.1 Å². The first-order chi connectivity index (χ1) is 16.6. The van der Waals surface area contributed by atoms with Crippen molar-refractivity contribution in [2.45, 2.75) is 25.0 Å². The van der Waals surface area contributed by atoms with Gasteiger partial charge in [-0.15, -0.1) is 0 Å². The van der Waals surface area contributed by atoms with E-state index in [-0.39, 0.29) is 18.3 Å². The molecule has 34 heavy (non-hydrogen) atoms. The fourth-order valence-electron chi connectivity index (χ4n) is 4.01. The van der Waals surface area contributed by atoms with Crippen molar-refractivity contribution in [1.29, 1.82) is 0 Å². The minimum Gasteiger partial charge on any atom is -0.394 e. The Bertz CT molecular complexity index is 1270. The zero-order chi connectivity index (χ0) is 23.5. The number of aliphatic hydroxyl groups is 2. The third-order valence-corrected chi connectivity index (χ3v) is 5.69. The Hall–Kier alpha value is -4.03. The Kier molecular flexibility index (Phi) is 6.06. The second-order valence-corrected chi connectivity index (χ2v) is 8.03. The van der Waals surface area contributed by atoms with E-state index >= 15 is 0 Å². The van der Waals surface area contributed by atoms with E-state index in [2.05, 4.69) is 30.7 Å². The van der Waals surface area contributed by atoms with E-state index in [1.807, 2.05) is 36.5 Å². The van der Waals surface area contributed by atoms with Crippen LogP contribution in [0.2, 0.25) is 0 Å². The first kappa shape index (κ1) is 21.8. The molecule has 176 valence electrons. The van der Waals surface area contributed by atoms with Gasteiger partial charge < -0.3 is 25.7 Å². The molecule has 1 fully saturated rings. The monoisotopic (exact) mass is 463 g/mol. The molecular formula is C22H25N9O3. The highest BCUT2D eigenvalue weighted by atomic mass is 16.3. The van der Waals surface area contributed by atoms with Gasteiger partial charge in [0.1, 0.15) is 11.3 Å². The van der Waals surface area contributed by atoms with Crippen LogP contribution in [-0.4, -0.2) is 71.5 Å². The van der Waals surface area contributed by atoms with Crippen LogP contribution in [0.3, 0.4) is 0 Å². The number of aromatic nitrogens is 6. The van der Waals surface area contributed by atoms with E-state index in [9.17, 15) is 9.90 Å². The smallest absolute Gasteiger partial charge is 0.269 e. The fourth-order valence-corrected chi connectivity index (χ4v) is 4.01. The number of pyridine rings is 1. The molecule has 1 unspecified atom stereocenters. The van der Waals surface area contributed by atoms with Crippen LogP contribution in [0.1, 0.15) is 35.1 Å². The standard InChI is InChI=1S/C22H25N9O3/c32-13-14(33)12-24-20(34)16-11-18(29-28-16)25-21-27-22(26-19-7-4-10-31(19)21)30-9-3-6-17(30)15-5-1-2-8-23-15/h1-2,4-5,7-8,10-11,14,17,32-33H,3,6,9,12-13H2,(H,24,34)(H2,25,26,27,28,29)/t14-,17?/m1/s1. The third kappa shape index (κ3) is 4.40. The number of rotatable bonds is 8. The van der Waals surface area contributed by atoms with Crippen molar-refractivity contribution in [2.24, 2.45) is 0 Å². The SMILES string of the molecule is O=C(NC[C@@H](O)CO)c1cc(Nc2nc(N3CCCC3c3ccccn3)nc3cccn23)n[nH]1. The first-order valence-corrected chi connectivity index (χ1v) is 11.0. The number of nitrogens with one attached hydrogen (secondary N) is 3. The number of hydrogen-bond acceptors (Lipinski definition) is 9. The number of nitrogens with zero attached hydrogens (tertiary/aromatic N) is 6. The lowest BCUT2D eigenvalue weighted by molar-refractivity contribution is 0.0798. The van der Waals surface area contributed by atoms with Crippen molar-refractivity contribution in [2.75, 3.05) is 29.9 Å². The van der Waals surface area contributed by atoms with Gasteiger partial charge in [0.15, 0.2) is 5.82 Å². The molecule has 0 aromatic carbocycles. The Morgan fingerprint density at radius 1 is 1.26 bits per heavy atom. The molecule has 0 saturated carbocycles. The molecule has 12 nitrogen and oxygen atoms in total. The predicted molar refractivity (Wildman–Crippen MR) is 124 cm³/mol. The molecule has 5 N–H and O–H groups in total. The number of anilines is 3. The molecule has 1 aliphatic heterocycles. The number of aliphatic hydroxyl groups excluding tert-OH is 2. The molecule has 4 aromatic rings. The predicted octanol–water partition coefficient (Wildman–Crippen LogP) is 1.02. The van der Waals surface area contributed by atoms with E-state index in [4.69, 9.17) is 15.1 Å². The highest BCUT2D eigenvalue weighted by molar-refractivity contribution is 5.93. The number of fused-ring (bicyclic) bond motifs is 1. The molecule has 0 aliphatic carbocycles. The molecule has 4 aromatic heterocycles. The van der Waals surface area contributed by atoms with Crippen LogP contribution in [0.15, 0.2) is 48.8 Å². The average Bonchev–Trinajstić information content (AvgIpc) is 3.63. The van der Waals surface area contributed by atoms with Crippen LogP contribution in [0.25, 0.3) is 5.65 Å². The lowest BCUT2D eigenvalue weighted by Gasteiger charge is -2.24. The van der Waals surface area contributed by atoms with Crippen LogP contribution >= 0.6 is 0 Å². The Balaban J connectivity index is 1.39. The van der Waals surface area contributed by atoms with Gasteiger partial charge in [0.05, 0.1) is 24.4 Å². The summed E-state index contributed by atoms with van der Waals surface area (Å²) in [5, 5.41) is 30.8. The molecule has 1 aliphatic rings. The molecular weight excluding hydrogens is 438 g/mol. The summed E-state index contributed by atoms with van der Waals surface area (Å²) in [4.78, 5) is 28.5. The summed E-state index contributed by atoms with van der Waals surface area (Å²) in [6, 6.07) is 11.3. The van der Waals surface area contributed by atoms with Crippen LogP contribution in [0, 0.1) is 0 Å². The zero-order valence-corrected chi connectivity index (χ0v) is 18.3. The maximum absolute atomic E-state index is 12.3. The van der Waals surface area contributed by atoms with Crippen molar-refractivity contribution < 1.29 is 15.0 Å². The van der Waals surface area contributed by atoms with Crippen LogP contribution in [-0.2, 0) is 0 Å². The topological polar surface area (TPSA) is 157 Å². The quantitative estimate of drug-likeness (QED) is 0.257. The second-order valence-electron chi connectivity index (χ2n) is 8.03. The van der Waals surface area contributed by atoms with Crippen molar-refractivity contribution in [3.05, 3.63) is 60.2 Å². The van der Waals surface area contributed by atoms with Gasteiger partial charge in [0.25, 0.3) is 5.91 Å². The molecule has 0 spiro atoms. The average molecular weight is 464 g/mol. The normalized spacial score (nSPS) is 16.6. The maximum atomic E-state index is 12.3. The Morgan fingerprint density at radius 3 is 3.00 bits per heavy atom. The van der Waals surface area contributed by atoms with Crippen LogP contribution in [0.5, 0.6) is 0 Å². The number of hydrogen-bond donors (Lipinski definition) is 5. The van der Waals surface area contributed by atoms with Gasteiger partial charge in [-0.25, -0.2) is 0 Å². The van der Waals surface area contributed by atoms with Crippen LogP contribution in [0.4, 0.5) is 17.7 Å². The van der Waals surface area contributed by atoms with E-state index in [0.29, 0.717) is 17.7 Å². The van der Waals surface area contributed by atoms with Crippen molar-refractivity contribution >= 4 is 29.3 Å². The lowest BCUT2D eigenvalue weighted by atomic mass is 10.1. The third-order valence-electron chi connectivity index (χ3n) is 5.69. The first-order valence-electron chi connectivity index (χ1n) is 11.0. The van der Waals surface area contributed by atoms with E-state index < -0.39 is 18.6 Å². The van der Waals surface area contributed by atoms with Crippen molar-refractivity contribution in [3.8, 4) is 0 Å². The molecule has 12 heteroatoms. The largest absolute Gasteiger partial charge is 0.394 e. The summed E-state index contributed by atoms with van der Waals surface area (Å²) >= 11 is 0. The number of aromatic amines is 1. The summed E-state index contributed by atoms with van der Waals surface area (Å²) in [5.74, 6) is 1.05. The summed E-state index contributed by atoms with van der Waals surface area (Å²) in [6.45, 7) is 0.324. The molecule has 5 rings (SSSR count). The minimum absolute atomic E-state index is 0.0658. The minimum atomic E-state index is -1.02. The molecule has 1 saturated heterocycles. The summed E-state index contributed by atoms with van der Waals surface area (Å²) in [6.07, 6.45) is 4.61. The van der Waals surface area contributed by atoms with E-state index in [1.165, 1.54) is 0 Å². The van der Waals surface area contributed by atoms with Crippen molar-refractivity contribution in [1.82, 2.24) is 34.9 Å². The molecule has 5 heterocycles. The number of H-pyrrole nitrogens is 1. The Morgan fingerprint density at radius 2 is 2.18 bits per heavy atom. The van der Waals surface area contributed by atoms with Crippen LogP contribution < -0.4 is 15.5 Å². The fraction of sp³-hybridized carbons (Fsp3) is 0.318. The van der Waals surface area contributed by atoms with Gasteiger partial charge in [-0.05, 0) is 37.1 Å². The van der Waals surface area contributed by atoms with Gasteiger partial charge in [0, 0.05) is 31.5 Å². The number of carbonyl (C=O) groups is 1. The molecule has 0 bridgehead atoms. The summed E-state index contributed by atoms with van der Waals surface area (Å²) in [5.41, 5.74) is 1.92.